The Morgan fingerprint density at radius 2 is 1.82 bits per heavy atom. The first-order valence-corrected chi connectivity index (χ1v) is 5.51. The van der Waals surface area contributed by atoms with Gasteiger partial charge in [0.05, 0.1) is 11.6 Å². The lowest BCUT2D eigenvalue weighted by atomic mass is 9.96. The van der Waals surface area contributed by atoms with E-state index in [0.29, 0.717) is 25.1 Å². The van der Waals surface area contributed by atoms with Crippen LogP contribution in [0.2, 0.25) is 0 Å². The van der Waals surface area contributed by atoms with Crippen molar-refractivity contribution in [3.05, 3.63) is 35.1 Å². The molecule has 0 aliphatic carbocycles. The summed E-state index contributed by atoms with van der Waals surface area (Å²) in [4.78, 5) is 11.9. The quantitative estimate of drug-likeness (QED) is 0.638. The molecule has 0 bridgehead atoms. The fourth-order valence-electron chi connectivity index (χ4n) is 1.97. The van der Waals surface area contributed by atoms with Crippen molar-refractivity contribution in [3.63, 3.8) is 0 Å². The van der Waals surface area contributed by atoms with E-state index >= 15 is 0 Å². The molecule has 0 spiro atoms. The zero-order valence-electron chi connectivity index (χ0n) is 9.10. The van der Waals surface area contributed by atoms with Crippen LogP contribution in [0, 0.1) is 17.5 Å². The van der Waals surface area contributed by atoms with Crippen LogP contribution in [-0.2, 0) is 0 Å². The number of carbonyl (C=O) groups excluding carboxylic acids is 1. The van der Waals surface area contributed by atoms with E-state index in [4.69, 9.17) is 0 Å². The molecule has 0 saturated carbocycles. The molecule has 0 radical (unpaired) electrons. The minimum absolute atomic E-state index is 0.386. The van der Waals surface area contributed by atoms with Crippen LogP contribution in [0.3, 0.4) is 0 Å². The van der Waals surface area contributed by atoms with Crippen molar-refractivity contribution in [1.29, 1.82) is 0 Å². The van der Waals surface area contributed by atoms with Gasteiger partial charge in [-0.1, -0.05) is 6.42 Å². The molecule has 2 rings (SSSR count). The molecule has 1 N–H and O–H groups in total. The second kappa shape index (κ2) is 4.87. The third-order valence-corrected chi connectivity index (χ3v) is 2.90. The Labute approximate surface area is 96.8 Å². The Morgan fingerprint density at radius 3 is 2.47 bits per heavy atom. The third-order valence-electron chi connectivity index (χ3n) is 2.90. The van der Waals surface area contributed by atoms with Crippen LogP contribution in [0.5, 0.6) is 0 Å². The van der Waals surface area contributed by atoms with Gasteiger partial charge in [0, 0.05) is 6.07 Å². The van der Waals surface area contributed by atoms with Gasteiger partial charge in [0.25, 0.3) is 0 Å². The molecule has 1 aromatic rings. The predicted octanol–water partition coefficient (Wildman–Crippen LogP) is 2.43. The van der Waals surface area contributed by atoms with Gasteiger partial charge in [-0.3, -0.25) is 4.79 Å². The maximum Gasteiger partial charge on any atom is 0.182 e. The summed E-state index contributed by atoms with van der Waals surface area (Å²) in [6.07, 6.45) is 2.43. The van der Waals surface area contributed by atoms with Crippen LogP contribution in [0.25, 0.3) is 0 Å². The molecule has 17 heavy (non-hydrogen) atoms. The fraction of sp³-hybridized carbons (Fsp3) is 0.417. The smallest absolute Gasteiger partial charge is 0.182 e. The van der Waals surface area contributed by atoms with Crippen LogP contribution in [0.1, 0.15) is 29.6 Å². The van der Waals surface area contributed by atoms with Crippen LogP contribution >= 0.6 is 0 Å². The van der Waals surface area contributed by atoms with Gasteiger partial charge < -0.3 is 5.32 Å². The molecule has 1 atom stereocenters. The maximum atomic E-state index is 13.4. The molecule has 5 heteroatoms. The van der Waals surface area contributed by atoms with E-state index in [1.165, 1.54) is 0 Å². The van der Waals surface area contributed by atoms with Gasteiger partial charge in [0.15, 0.2) is 17.4 Å². The van der Waals surface area contributed by atoms with E-state index < -0.39 is 29.3 Å². The van der Waals surface area contributed by atoms with Crippen molar-refractivity contribution in [2.24, 2.45) is 0 Å². The minimum Gasteiger partial charge on any atom is -0.307 e. The molecule has 1 aliphatic rings. The molecule has 1 heterocycles. The van der Waals surface area contributed by atoms with Crippen molar-refractivity contribution < 1.29 is 18.0 Å². The summed E-state index contributed by atoms with van der Waals surface area (Å²) >= 11 is 0. The standard InChI is InChI=1S/C12H12F3NO/c13-8-6-10(15)9(14)5-7(8)12(17)11-3-1-2-4-16-11/h5-6,11,16H,1-4H2. The van der Waals surface area contributed by atoms with Crippen LogP contribution in [0.4, 0.5) is 13.2 Å². The SMILES string of the molecule is O=C(c1cc(F)c(F)cc1F)C1CCCCN1. The highest BCUT2D eigenvalue weighted by Gasteiger charge is 2.25. The Bertz CT molecular complexity index is 442. The number of ketones is 1. The van der Waals surface area contributed by atoms with Crippen molar-refractivity contribution in [3.8, 4) is 0 Å². The van der Waals surface area contributed by atoms with E-state index in [0.717, 1.165) is 12.8 Å². The zero-order valence-corrected chi connectivity index (χ0v) is 9.10. The molecule has 92 valence electrons. The Balaban J connectivity index is 2.26. The normalized spacial score (nSPS) is 20.3. The van der Waals surface area contributed by atoms with E-state index in [9.17, 15) is 18.0 Å². The molecule has 1 unspecified atom stereocenters. The first kappa shape index (κ1) is 12.1. The zero-order chi connectivity index (χ0) is 12.4. The summed E-state index contributed by atoms with van der Waals surface area (Å²) in [5.74, 6) is -4.01. The number of piperidine rings is 1. The second-order valence-corrected chi connectivity index (χ2v) is 4.11. The summed E-state index contributed by atoms with van der Waals surface area (Å²) in [5.41, 5.74) is -0.386. The van der Waals surface area contributed by atoms with Gasteiger partial charge >= 0.3 is 0 Å². The minimum atomic E-state index is -1.28. The number of benzene rings is 1. The Kier molecular flexibility index (Phi) is 3.47. The predicted molar refractivity (Wildman–Crippen MR) is 56.3 cm³/mol. The van der Waals surface area contributed by atoms with E-state index in [-0.39, 0.29) is 5.56 Å². The molecule has 0 amide bonds. The number of hydrogen-bond acceptors (Lipinski definition) is 2. The number of rotatable bonds is 2. The largest absolute Gasteiger partial charge is 0.307 e. The molecular formula is C12H12F3NO. The lowest BCUT2D eigenvalue weighted by Crippen LogP contribution is -2.40. The highest BCUT2D eigenvalue weighted by atomic mass is 19.2. The molecule has 1 aromatic carbocycles. The first-order valence-electron chi connectivity index (χ1n) is 5.51. The lowest BCUT2D eigenvalue weighted by Gasteiger charge is -2.22. The van der Waals surface area contributed by atoms with Crippen LogP contribution in [-0.4, -0.2) is 18.4 Å². The number of nitrogens with one attached hydrogen (secondary N) is 1. The molecule has 2 nitrogen and oxygen atoms in total. The van der Waals surface area contributed by atoms with Crippen molar-refractivity contribution in [1.82, 2.24) is 5.32 Å². The Morgan fingerprint density at radius 1 is 1.12 bits per heavy atom. The molecule has 1 fully saturated rings. The van der Waals surface area contributed by atoms with Gasteiger partial charge in [0.1, 0.15) is 5.82 Å². The summed E-state index contributed by atoms with van der Waals surface area (Å²) in [6.45, 7) is 0.682. The monoisotopic (exact) mass is 243 g/mol. The summed E-state index contributed by atoms with van der Waals surface area (Å²) < 4.78 is 39.1. The highest BCUT2D eigenvalue weighted by molar-refractivity contribution is 6.00. The average molecular weight is 243 g/mol. The average Bonchev–Trinajstić information content (AvgIpc) is 2.34. The number of halogens is 3. The van der Waals surface area contributed by atoms with Gasteiger partial charge in [-0.25, -0.2) is 13.2 Å². The van der Waals surface area contributed by atoms with Crippen molar-refractivity contribution >= 4 is 5.78 Å². The van der Waals surface area contributed by atoms with Gasteiger partial charge in [-0.2, -0.15) is 0 Å². The van der Waals surface area contributed by atoms with Gasteiger partial charge in [-0.05, 0) is 25.5 Å². The van der Waals surface area contributed by atoms with Crippen molar-refractivity contribution in [2.75, 3.05) is 6.54 Å². The highest BCUT2D eigenvalue weighted by Crippen LogP contribution is 2.18. The van der Waals surface area contributed by atoms with Crippen LogP contribution < -0.4 is 5.32 Å². The number of Topliss-reactive ketones (excluding diaryl/α,β-unsaturated/α-hetero) is 1. The van der Waals surface area contributed by atoms with Gasteiger partial charge in [0.2, 0.25) is 0 Å². The summed E-state index contributed by atoms with van der Waals surface area (Å²) in [7, 11) is 0. The van der Waals surface area contributed by atoms with Crippen molar-refractivity contribution in [2.45, 2.75) is 25.3 Å². The summed E-state index contributed by atoms with van der Waals surface area (Å²) in [5, 5.41) is 2.95. The molecule has 1 aliphatic heterocycles. The van der Waals surface area contributed by atoms with E-state index in [1.807, 2.05) is 0 Å². The maximum absolute atomic E-state index is 13.4. The first-order chi connectivity index (χ1) is 8.09. The van der Waals surface area contributed by atoms with E-state index in [2.05, 4.69) is 5.32 Å². The molecule has 1 saturated heterocycles. The third kappa shape index (κ3) is 2.49. The van der Waals surface area contributed by atoms with E-state index in [1.54, 1.807) is 0 Å². The second-order valence-electron chi connectivity index (χ2n) is 4.11. The van der Waals surface area contributed by atoms with Gasteiger partial charge in [-0.15, -0.1) is 0 Å². The lowest BCUT2D eigenvalue weighted by molar-refractivity contribution is 0.0922. The number of carbonyl (C=O) groups is 1. The topological polar surface area (TPSA) is 29.1 Å². The molecular weight excluding hydrogens is 231 g/mol. The molecule has 0 aromatic heterocycles. The Hall–Kier alpha value is -1.36. The fourth-order valence-corrected chi connectivity index (χ4v) is 1.97. The summed E-state index contributed by atoms with van der Waals surface area (Å²) in [6, 6.07) is 0.539. The van der Waals surface area contributed by atoms with Crippen LogP contribution in [0.15, 0.2) is 12.1 Å². The number of hydrogen-bond donors (Lipinski definition) is 1.